The predicted octanol–water partition coefficient (Wildman–Crippen LogP) is 5.81. The van der Waals surface area contributed by atoms with E-state index in [2.05, 4.69) is 70.9 Å². The van der Waals surface area contributed by atoms with Gasteiger partial charge in [0.15, 0.2) is 0 Å². The molecule has 1 heterocycles. The summed E-state index contributed by atoms with van der Waals surface area (Å²) in [7, 11) is 0. The van der Waals surface area contributed by atoms with E-state index in [-0.39, 0.29) is 0 Å². The smallest absolute Gasteiger partial charge is 0.0201 e. The normalized spacial score (nSPS) is 19.7. The van der Waals surface area contributed by atoms with E-state index in [1.54, 1.807) is 0 Å². The molecule has 1 nitrogen and oxygen atoms in total. The van der Waals surface area contributed by atoms with Crippen molar-refractivity contribution in [1.29, 1.82) is 0 Å². The van der Waals surface area contributed by atoms with Gasteiger partial charge in [0.25, 0.3) is 0 Å². The Bertz CT molecular complexity index is 536. The van der Waals surface area contributed by atoms with Crippen LogP contribution in [0.3, 0.4) is 0 Å². The molecule has 1 atom stereocenters. The monoisotopic (exact) mass is 297 g/mol. The molecular weight excluding hydrogens is 266 g/mol. The summed E-state index contributed by atoms with van der Waals surface area (Å²) in [4.78, 5) is 2.46. The summed E-state index contributed by atoms with van der Waals surface area (Å²) in [5, 5.41) is 0. The third kappa shape index (κ3) is 5.55. The number of likely N-dealkylation sites (tertiary alicyclic amines) is 1. The summed E-state index contributed by atoms with van der Waals surface area (Å²) in [6, 6.07) is 0. The summed E-state index contributed by atoms with van der Waals surface area (Å²) in [5.41, 5.74) is 6.08. The van der Waals surface area contributed by atoms with Crippen molar-refractivity contribution in [1.82, 2.24) is 4.90 Å². The Morgan fingerprint density at radius 2 is 1.82 bits per heavy atom. The van der Waals surface area contributed by atoms with Gasteiger partial charge in [0.1, 0.15) is 0 Å². The zero-order chi connectivity index (χ0) is 16.7. The molecule has 0 aliphatic carbocycles. The second kappa shape index (κ2) is 8.63. The molecule has 1 aliphatic rings. The minimum absolute atomic E-state index is 0.790. The van der Waals surface area contributed by atoms with Gasteiger partial charge in [-0.05, 0) is 57.3 Å². The number of allylic oxidation sites excluding steroid dienone is 10. The number of rotatable bonds is 6. The highest BCUT2D eigenvalue weighted by Crippen LogP contribution is 2.22. The Morgan fingerprint density at radius 3 is 2.32 bits per heavy atom. The molecule has 22 heavy (non-hydrogen) atoms. The van der Waals surface area contributed by atoms with Gasteiger partial charge in [-0.25, -0.2) is 0 Å². The lowest BCUT2D eigenvalue weighted by atomic mass is 10.0. The molecule has 0 amide bonds. The maximum Gasteiger partial charge on any atom is 0.0201 e. The molecule has 0 bridgehead atoms. The summed E-state index contributed by atoms with van der Waals surface area (Å²) >= 11 is 0. The van der Waals surface area contributed by atoms with Crippen LogP contribution in [-0.2, 0) is 0 Å². The molecule has 0 N–H and O–H groups in total. The highest BCUT2D eigenvalue weighted by Gasteiger charge is 2.18. The average molecular weight is 297 g/mol. The van der Waals surface area contributed by atoms with Gasteiger partial charge in [0.2, 0.25) is 0 Å². The van der Waals surface area contributed by atoms with Crippen LogP contribution in [0.2, 0.25) is 0 Å². The Hall–Kier alpha value is -1.76. The molecule has 0 aromatic heterocycles. The second-order valence-electron chi connectivity index (χ2n) is 6.52. The largest absolute Gasteiger partial charge is 0.375 e. The molecule has 0 aromatic carbocycles. The van der Waals surface area contributed by atoms with E-state index in [0.29, 0.717) is 0 Å². The van der Waals surface area contributed by atoms with Gasteiger partial charge in [-0.15, -0.1) is 0 Å². The summed E-state index contributed by atoms with van der Waals surface area (Å²) in [6.07, 6.45) is 11.6. The first-order valence-electron chi connectivity index (χ1n) is 8.12. The van der Waals surface area contributed by atoms with Crippen LogP contribution in [0.15, 0.2) is 71.5 Å². The highest BCUT2D eigenvalue weighted by molar-refractivity contribution is 5.48. The maximum absolute atomic E-state index is 4.21. The highest BCUT2D eigenvalue weighted by atomic mass is 15.1. The van der Waals surface area contributed by atoms with E-state index >= 15 is 0 Å². The Kier molecular flexibility index (Phi) is 7.17. The molecule has 0 aromatic rings. The van der Waals surface area contributed by atoms with Crippen molar-refractivity contribution in [2.24, 2.45) is 5.92 Å². The van der Waals surface area contributed by atoms with Crippen molar-refractivity contribution in [3.8, 4) is 0 Å². The average Bonchev–Trinajstić information content (AvgIpc) is 2.90. The predicted molar refractivity (Wildman–Crippen MR) is 99.7 cm³/mol. The van der Waals surface area contributed by atoms with Crippen molar-refractivity contribution >= 4 is 0 Å². The fraction of sp³-hybridized carbons (Fsp3) is 0.429. The van der Waals surface area contributed by atoms with Crippen LogP contribution >= 0.6 is 0 Å². The first-order valence-corrected chi connectivity index (χ1v) is 8.12. The fourth-order valence-corrected chi connectivity index (χ4v) is 2.43. The minimum Gasteiger partial charge on any atom is -0.375 e. The van der Waals surface area contributed by atoms with Crippen LogP contribution in [0.5, 0.6) is 0 Å². The molecule has 0 saturated carbocycles. The van der Waals surface area contributed by atoms with Crippen LogP contribution in [-0.4, -0.2) is 18.0 Å². The lowest BCUT2D eigenvalue weighted by molar-refractivity contribution is 0.411. The minimum atomic E-state index is 0.790. The van der Waals surface area contributed by atoms with Crippen LogP contribution < -0.4 is 0 Å². The van der Waals surface area contributed by atoms with Gasteiger partial charge in [0.05, 0.1) is 0 Å². The quantitative estimate of drug-likeness (QED) is 0.559. The first-order chi connectivity index (χ1) is 10.3. The molecule has 120 valence electrons. The molecule has 1 heteroatoms. The molecule has 1 fully saturated rings. The van der Waals surface area contributed by atoms with Crippen molar-refractivity contribution in [2.75, 3.05) is 13.1 Å². The topological polar surface area (TPSA) is 3.24 Å². The Labute approximate surface area is 137 Å². The van der Waals surface area contributed by atoms with Crippen molar-refractivity contribution in [3.05, 3.63) is 71.5 Å². The Balaban J connectivity index is 2.90. The summed E-state index contributed by atoms with van der Waals surface area (Å²) in [5.74, 6) is 0.790. The van der Waals surface area contributed by atoms with E-state index in [4.69, 9.17) is 0 Å². The molecule has 1 aliphatic heterocycles. The lowest BCUT2D eigenvalue weighted by Gasteiger charge is -2.19. The van der Waals surface area contributed by atoms with E-state index in [9.17, 15) is 0 Å². The fourth-order valence-electron chi connectivity index (χ4n) is 2.43. The third-order valence-corrected chi connectivity index (χ3v) is 4.28. The van der Waals surface area contributed by atoms with Crippen LogP contribution in [0.1, 0.15) is 41.0 Å². The molecule has 0 unspecified atom stereocenters. The number of hydrogen-bond acceptors (Lipinski definition) is 1. The molecule has 1 rings (SSSR count). The SMILES string of the molecule is C=C/C=C(\C=C(/C)N1CC[C@@H](C)C1)C(=C)/C=C\C(C)=C(C)C. The van der Waals surface area contributed by atoms with Crippen LogP contribution in [0.25, 0.3) is 0 Å². The van der Waals surface area contributed by atoms with E-state index < -0.39 is 0 Å². The standard InChI is InChI=1S/C21H31N/c1-8-9-21(19(6)11-10-18(5)16(2)3)14-20(7)22-13-12-17(4)15-22/h8-11,14,17H,1,6,12-13,15H2,2-5,7H3/b11-10-,20-14+,21-9+/t17-/m1/s1. The molecule has 1 saturated heterocycles. The van der Waals surface area contributed by atoms with Gasteiger partial charge in [-0.2, -0.15) is 0 Å². The lowest BCUT2D eigenvalue weighted by Crippen LogP contribution is -2.18. The zero-order valence-corrected chi connectivity index (χ0v) is 14.9. The van der Waals surface area contributed by atoms with Gasteiger partial charge < -0.3 is 4.90 Å². The Morgan fingerprint density at radius 1 is 1.14 bits per heavy atom. The maximum atomic E-state index is 4.21. The van der Waals surface area contributed by atoms with Gasteiger partial charge in [-0.3, -0.25) is 0 Å². The van der Waals surface area contributed by atoms with E-state index in [0.717, 1.165) is 30.2 Å². The van der Waals surface area contributed by atoms with Crippen LogP contribution in [0, 0.1) is 5.92 Å². The molecule has 0 spiro atoms. The van der Waals surface area contributed by atoms with E-state index in [1.165, 1.54) is 23.3 Å². The van der Waals surface area contributed by atoms with Gasteiger partial charge in [0, 0.05) is 18.8 Å². The summed E-state index contributed by atoms with van der Waals surface area (Å²) in [6.45, 7) is 21.2. The first kappa shape index (κ1) is 18.3. The number of hydrogen-bond donors (Lipinski definition) is 0. The summed E-state index contributed by atoms with van der Waals surface area (Å²) < 4.78 is 0. The zero-order valence-electron chi connectivity index (χ0n) is 14.9. The van der Waals surface area contributed by atoms with Gasteiger partial charge in [-0.1, -0.05) is 55.5 Å². The van der Waals surface area contributed by atoms with Crippen molar-refractivity contribution in [3.63, 3.8) is 0 Å². The third-order valence-electron chi connectivity index (χ3n) is 4.28. The second-order valence-corrected chi connectivity index (χ2v) is 6.52. The van der Waals surface area contributed by atoms with Crippen molar-refractivity contribution in [2.45, 2.75) is 41.0 Å². The van der Waals surface area contributed by atoms with Crippen molar-refractivity contribution < 1.29 is 0 Å². The molecule has 0 radical (unpaired) electrons. The van der Waals surface area contributed by atoms with Gasteiger partial charge >= 0.3 is 0 Å². The van der Waals surface area contributed by atoms with E-state index in [1.807, 2.05) is 12.2 Å². The molecular formula is C21H31N. The van der Waals surface area contributed by atoms with Crippen LogP contribution in [0.4, 0.5) is 0 Å². The number of nitrogens with zero attached hydrogens (tertiary/aromatic N) is 1.